The van der Waals surface area contributed by atoms with Crippen molar-refractivity contribution in [2.75, 3.05) is 4.90 Å². The van der Waals surface area contributed by atoms with Crippen molar-refractivity contribution in [3.8, 4) is 11.1 Å². The number of nitrogens with zero attached hydrogens (tertiary/aromatic N) is 1. The summed E-state index contributed by atoms with van der Waals surface area (Å²) in [4.78, 5) is 2.45. The number of fused-ring (bicyclic) bond motifs is 7. The predicted octanol–water partition coefficient (Wildman–Crippen LogP) is 15.5. The molecule has 0 N–H and O–H groups in total. The fraction of sp³-hybridized carbons (Fsp3) is 0.111. The lowest BCUT2D eigenvalue weighted by Crippen LogP contribution is -2.16. The molecule has 0 aliphatic rings. The molecule has 9 aromatic rings. The van der Waals surface area contributed by atoms with E-state index in [1.165, 1.54) is 81.8 Å². The third-order valence-corrected chi connectivity index (χ3v) is 11.9. The molecule has 0 aliphatic heterocycles. The van der Waals surface area contributed by atoms with Crippen molar-refractivity contribution in [2.45, 2.75) is 38.5 Å². The normalized spacial score (nSPS) is 12.1. The lowest BCUT2D eigenvalue weighted by atomic mass is 9.84. The summed E-state index contributed by atoms with van der Waals surface area (Å²) < 4.78 is 0. The van der Waals surface area contributed by atoms with Crippen LogP contribution < -0.4 is 4.90 Å². The Bertz CT molecular complexity index is 2820. The first-order valence-electron chi connectivity index (χ1n) is 19.2. The minimum absolute atomic E-state index is 0.137. The van der Waals surface area contributed by atoms with Crippen molar-refractivity contribution in [1.82, 2.24) is 0 Å². The lowest BCUT2D eigenvalue weighted by molar-refractivity contribution is 0.672. The van der Waals surface area contributed by atoms with Crippen molar-refractivity contribution in [3.63, 3.8) is 0 Å². The lowest BCUT2D eigenvalue weighted by Gasteiger charge is -2.31. The molecule has 1 nitrogen and oxygen atoms in total. The Balaban J connectivity index is 1.31. The van der Waals surface area contributed by atoms with E-state index in [2.05, 4.69) is 210 Å². The molecule has 9 rings (SSSR count). The van der Waals surface area contributed by atoms with Crippen LogP contribution in [0.1, 0.15) is 38.8 Å². The molecule has 0 heterocycles. The molecule has 0 radical (unpaired) electrons. The second-order valence-electron chi connectivity index (χ2n) is 16.0. The van der Waals surface area contributed by atoms with E-state index in [0.29, 0.717) is 0 Å². The zero-order chi connectivity index (χ0) is 37.9. The highest BCUT2D eigenvalue weighted by molar-refractivity contribution is 6.24. The molecule has 1 heteroatoms. The summed E-state index contributed by atoms with van der Waals surface area (Å²) in [7, 11) is 0. The van der Waals surface area contributed by atoms with Gasteiger partial charge in [-0.15, -0.1) is 13.2 Å². The smallest absolute Gasteiger partial charge is 0.0618 e. The molecule has 0 spiro atoms. The van der Waals surface area contributed by atoms with E-state index in [1.807, 2.05) is 12.2 Å². The monoisotopic (exact) mass is 707 g/mol. The van der Waals surface area contributed by atoms with E-state index in [1.54, 1.807) is 0 Å². The van der Waals surface area contributed by atoms with Crippen LogP contribution in [0.25, 0.3) is 65.0 Å². The summed E-state index contributed by atoms with van der Waals surface area (Å²) in [6, 6.07) is 60.7. The summed E-state index contributed by atoms with van der Waals surface area (Å²) in [5, 5.41) is 12.5. The molecule has 0 aliphatic carbocycles. The summed E-state index contributed by atoms with van der Waals surface area (Å²) in [5.41, 5.74) is 8.03. The third kappa shape index (κ3) is 5.70. The van der Waals surface area contributed by atoms with Gasteiger partial charge >= 0.3 is 0 Å². The Hall–Kier alpha value is -6.44. The van der Waals surface area contributed by atoms with E-state index in [0.717, 1.165) is 11.4 Å². The molecule has 0 saturated carbocycles. The highest BCUT2D eigenvalue weighted by Gasteiger charge is 2.24. The first-order valence-corrected chi connectivity index (χ1v) is 19.2. The third-order valence-electron chi connectivity index (χ3n) is 11.9. The molecule has 0 bridgehead atoms. The summed E-state index contributed by atoms with van der Waals surface area (Å²) >= 11 is 0. The van der Waals surface area contributed by atoms with E-state index >= 15 is 0 Å². The van der Waals surface area contributed by atoms with Gasteiger partial charge in [-0.1, -0.05) is 173 Å². The Labute approximate surface area is 324 Å². The van der Waals surface area contributed by atoms with Crippen LogP contribution >= 0.6 is 0 Å². The summed E-state index contributed by atoms with van der Waals surface area (Å²) in [6.45, 7) is 17.1. The maximum Gasteiger partial charge on any atom is 0.0618 e. The minimum Gasteiger partial charge on any atom is -0.309 e. The molecular formula is C54H45N. The van der Waals surface area contributed by atoms with Gasteiger partial charge in [-0.25, -0.2) is 0 Å². The zero-order valence-corrected chi connectivity index (χ0v) is 32.1. The number of hydrogen-bond acceptors (Lipinski definition) is 1. The Morgan fingerprint density at radius 2 is 0.855 bits per heavy atom. The number of anilines is 3. The van der Waals surface area contributed by atoms with Gasteiger partial charge in [0.05, 0.1) is 5.69 Å². The van der Waals surface area contributed by atoms with Gasteiger partial charge in [0.1, 0.15) is 0 Å². The second kappa shape index (κ2) is 13.1. The maximum atomic E-state index is 4.12. The highest BCUT2D eigenvalue weighted by Crippen LogP contribution is 2.49. The second-order valence-corrected chi connectivity index (χ2v) is 16.0. The van der Waals surface area contributed by atoms with Crippen LogP contribution in [0.15, 0.2) is 189 Å². The van der Waals surface area contributed by atoms with Gasteiger partial charge in [0.2, 0.25) is 0 Å². The average molecular weight is 708 g/mol. The van der Waals surface area contributed by atoms with E-state index in [9.17, 15) is 0 Å². The van der Waals surface area contributed by atoms with Crippen LogP contribution in [0.5, 0.6) is 0 Å². The Morgan fingerprint density at radius 1 is 0.418 bits per heavy atom. The molecule has 0 unspecified atom stereocenters. The summed E-state index contributed by atoms with van der Waals surface area (Å²) in [5.74, 6) is 0. The molecule has 0 amide bonds. The van der Waals surface area contributed by atoms with E-state index in [-0.39, 0.29) is 10.8 Å². The molecule has 0 atom stereocenters. The minimum atomic E-state index is -0.137. The predicted molar refractivity (Wildman–Crippen MR) is 241 cm³/mol. The van der Waals surface area contributed by atoms with Gasteiger partial charge in [0, 0.05) is 33.0 Å². The van der Waals surface area contributed by atoms with Crippen LogP contribution in [0, 0.1) is 0 Å². The van der Waals surface area contributed by atoms with Crippen LogP contribution in [-0.4, -0.2) is 0 Å². The van der Waals surface area contributed by atoms with Crippen molar-refractivity contribution in [1.29, 1.82) is 0 Å². The Kier molecular flexibility index (Phi) is 8.21. The van der Waals surface area contributed by atoms with Gasteiger partial charge in [-0.2, -0.15) is 0 Å². The van der Waals surface area contributed by atoms with Crippen molar-refractivity contribution in [3.05, 3.63) is 200 Å². The molecule has 9 aromatic carbocycles. The van der Waals surface area contributed by atoms with Crippen LogP contribution in [-0.2, 0) is 10.8 Å². The largest absolute Gasteiger partial charge is 0.309 e. The van der Waals surface area contributed by atoms with Gasteiger partial charge in [-0.3, -0.25) is 0 Å². The van der Waals surface area contributed by atoms with Crippen molar-refractivity contribution >= 4 is 70.9 Å². The fourth-order valence-electron chi connectivity index (χ4n) is 8.37. The van der Waals surface area contributed by atoms with E-state index < -0.39 is 0 Å². The van der Waals surface area contributed by atoms with Gasteiger partial charge < -0.3 is 4.90 Å². The molecule has 0 saturated heterocycles. The van der Waals surface area contributed by atoms with Crippen LogP contribution in [0.4, 0.5) is 17.1 Å². The molecule has 0 aromatic heterocycles. The average Bonchev–Trinajstić information content (AvgIpc) is 3.23. The number of benzene rings is 9. The first kappa shape index (κ1) is 34.3. The van der Waals surface area contributed by atoms with Gasteiger partial charge in [0.25, 0.3) is 0 Å². The maximum absolute atomic E-state index is 4.12. The number of hydrogen-bond donors (Lipinski definition) is 0. The topological polar surface area (TPSA) is 3.24 Å². The molecule has 266 valence electrons. The molecule has 55 heavy (non-hydrogen) atoms. The van der Waals surface area contributed by atoms with Crippen LogP contribution in [0.3, 0.4) is 0 Å². The summed E-state index contributed by atoms with van der Waals surface area (Å²) in [6.07, 6.45) is 4.05. The van der Waals surface area contributed by atoms with E-state index in [4.69, 9.17) is 0 Å². The molecule has 0 fully saturated rings. The number of allylic oxidation sites excluding steroid dienone is 2. The first-order chi connectivity index (χ1) is 26.7. The fourth-order valence-corrected chi connectivity index (χ4v) is 8.37. The van der Waals surface area contributed by atoms with Crippen molar-refractivity contribution in [2.24, 2.45) is 0 Å². The highest BCUT2D eigenvalue weighted by atomic mass is 15.1. The van der Waals surface area contributed by atoms with Gasteiger partial charge in [0.15, 0.2) is 0 Å². The standard InChI is InChI=1S/C54H45N/c1-7-53(3,4)40-26-30-42(31-27-40)55(43-32-28-41(29-33-43)54(5,6)8-2)52-48-19-13-11-17-46(48)51(47-18-12-14-20-49(47)52)39-25-34-45-38(35-39)24-23-37-22-21-36-15-9-10-16-44(36)50(37)45/h7-35H,1-2H2,3-6H3. The SMILES string of the molecule is C=CC(C)(C)c1ccc(N(c2ccc(C(C)(C)C=C)cc2)c2c3ccccc3c(-c3ccc4c(ccc5ccc6ccccc6c54)c3)c3ccccc23)cc1. The van der Waals surface area contributed by atoms with Crippen LogP contribution in [0.2, 0.25) is 0 Å². The quantitative estimate of drug-likeness (QED) is 0.0863. The van der Waals surface area contributed by atoms with Crippen molar-refractivity contribution < 1.29 is 0 Å². The Morgan fingerprint density at radius 3 is 1.38 bits per heavy atom. The zero-order valence-electron chi connectivity index (χ0n) is 32.1. The van der Waals surface area contributed by atoms with Gasteiger partial charge in [-0.05, 0) is 95.7 Å². The number of rotatable bonds is 8. The molecular weight excluding hydrogens is 663 g/mol.